The molecule has 0 aromatic rings. The lowest BCUT2D eigenvalue weighted by Gasteiger charge is -2.23. The zero-order valence-corrected chi connectivity index (χ0v) is 14.9. The van der Waals surface area contributed by atoms with Crippen LogP contribution in [0.3, 0.4) is 0 Å². The third kappa shape index (κ3) is 4.91. The highest BCUT2D eigenvalue weighted by Crippen LogP contribution is 2.40. The van der Waals surface area contributed by atoms with Gasteiger partial charge in [-0.2, -0.15) is 0 Å². The van der Waals surface area contributed by atoms with E-state index in [4.69, 9.17) is 0 Å². The summed E-state index contributed by atoms with van der Waals surface area (Å²) in [5, 5.41) is 2.87. The SMILES string of the molecule is CN(C)CCCNC(=O)C1CC1C(=O)N(C)C1CCS(=O)(=O)C1. The molecule has 2 fully saturated rings. The second-order valence-electron chi connectivity index (χ2n) is 6.90. The number of hydrogen-bond donors (Lipinski definition) is 1. The average molecular weight is 345 g/mol. The van der Waals surface area contributed by atoms with Crippen LogP contribution in [0, 0.1) is 11.8 Å². The fourth-order valence-electron chi connectivity index (χ4n) is 3.02. The highest BCUT2D eigenvalue weighted by Gasteiger charge is 2.50. The lowest BCUT2D eigenvalue weighted by molar-refractivity contribution is -0.135. The molecule has 0 bridgehead atoms. The molecule has 8 heteroatoms. The highest BCUT2D eigenvalue weighted by atomic mass is 32.2. The highest BCUT2D eigenvalue weighted by molar-refractivity contribution is 7.91. The molecule has 3 atom stereocenters. The van der Waals surface area contributed by atoms with E-state index >= 15 is 0 Å². The Labute approximate surface area is 138 Å². The maximum absolute atomic E-state index is 12.4. The minimum atomic E-state index is -3.01. The molecular weight excluding hydrogens is 318 g/mol. The van der Waals surface area contributed by atoms with Crippen LogP contribution in [-0.2, 0) is 19.4 Å². The molecule has 1 saturated carbocycles. The molecule has 2 amide bonds. The van der Waals surface area contributed by atoms with Gasteiger partial charge in [0.1, 0.15) is 0 Å². The minimum Gasteiger partial charge on any atom is -0.356 e. The number of sulfone groups is 1. The molecule has 0 aromatic heterocycles. The van der Waals surface area contributed by atoms with Crippen LogP contribution < -0.4 is 5.32 Å². The van der Waals surface area contributed by atoms with Crippen LogP contribution in [-0.4, -0.2) is 81.8 Å². The molecule has 2 aliphatic rings. The van der Waals surface area contributed by atoms with Gasteiger partial charge in [0, 0.05) is 19.6 Å². The largest absolute Gasteiger partial charge is 0.356 e. The molecule has 1 aliphatic heterocycles. The van der Waals surface area contributed by atoms with Crippen LogP contribution >= 0.6 is 0 Å². The minimum absolute atomic E-state index is 0.0450. The second kappa shape index (κ2) is 7.17. The van der Waals surface area contributed by atoms with E-state index in [2.05, 4.69) is 10.2 Å². The zero-order chi connectivity index (χ0) is 17.2. The number of nitrogens with one attached hydrogen (secondary N) is 1. The van der Waals surface area contributed by atoms with E-state index in [1.165, 1.54) is 4.90 Å². The van der Waals surface area contributed by atoms with Gasteiger partial charge < -0.3 is 15.1 Å². The van der Waals surface area contributed by atoms with Crippen molar-refractivity contribution in [1.29, 1.82) is 0 Å². The fourth-order valence-corrected chi connectivity index (χ4v) is 4.79. The summed E-state index contributed by atoms with van der Waals surface area (Å²) in [6.07, 6.45) is 1.95. The molecular formula is C15H27N3O4S. The molecule has 7 nitrogen and oxygen atoms in total. The molecule has 1 aliphatic carbocycles. The van der Waals surface area contributed by atoms with Gasteiger partial charge in [-0.05, 0) is 39.9 Å². The number of amides is 2. The van der Waals surface area contributed by atoms with Gasteiger partial charge in [-0.25, -0.2) is 8.42 Å². The normalized spacial score (nSPS) is 28.6. The Balaban J connectivity index is 1.74. The van der Waals surface area contributed by atoms with Gasteiger partial charge in [-0.1, -0.05) is 0 Å². The Morgan fingerprint density at radius 2 is 1.87 bits per heavy atom. The monoisotopic (exact) mass is 345 g/mol. The summed E-state index contributed by atoms with van der Waals surface area (Å²) in [6.45, 7) is 1.53. The van der Waals surface area contributed by atoms with Crippen molar-refractivity contribution in [2.24, 2.45) is 11.8 Å². The Bertz CT molecular complexity index is 561. The third-order valence-electron chi connectivity index (χ3n) is 4.63. The van der Waals surface area contributed by atoms with Crippen LogP contribution in [0.2, 0.25) is 0 Å². The molecule has 132 valence electrons. The summed E-state index contributed by atoms with van der Waals surface area (Å²) in [6, 6.07) is -0.239. The predicted molar refractivity (Wildman–Crippen MR) is 87.6 cm³/mol. The number of rotatable bonds is 7. The van der Waals surface area contributed by atoms with Crippen molar-refractivity contribution < 1.29 is 18.0 Å². The molecule has 1 saturated heterocycles. The van der Waals surface area contributed by atoms with Crippen LogP contribution in [0.1, 0.15) is 19.3 Å². The average Bonchev–Trinajstić information content (AvgIpc) is 3.19. The first-order valence-corrected chi connectivity index (χ1v) is 9.93. The van der Waals surface area contributed by atoms with Gasteiger partial charge in [-0.15, -0.1) is 0 Å². The standard InChI is InChI=1S/C15H27N3O4S/c1-17(2)7-4-6-16-14(19)12-9-13(12)15(20)18(3)11-5-8-23(21,22)10-11/h11-13H,4-10H2,1-3H3,(H,16,19). The number of nitrogens with zero attached hydrogens (tertiary/aromatic N) is 2. The third-order valence-corrected chi connectivity index (χ3v) is 6.38. The summed E-state index contributed by atoms with van der Waals surface area (Å²) in [4.78, 5) is 28.0. The molecule has 3 unspecified atom stereocenters. The van der Waals surface area contributed by atoms with Crippen molar-refractivity contribution >= 4 is 21.7 Å². The van der Waals surface area contributed by atoms with E-state index in [9.17, 15) is 18.0 Å². The molecule has 1 heterocycles. The molecule has 0 radical (unpaired) electrons. The fraction of sp³-hybridized carbons (Fsp3) is 0.867. The first-order valence-electron chi connectivity index (χ1n) is 8.11. The summed E-state index contributed by atoms with van der Waals surface area (Å²) in [7, 11) is 2.61. The van der Waals surface area contributed by atoms with Crippen molar-refractivity contribution in [2.45, 2.75) is 25.3 Å². The van der Waals surface area contributed by atoms with E-state index in [-0.39, 0.29) is 41.2 Å². The van der Waals surface area contributed by atoms with Gasteiger partial charge >= 0.3 is 0 Å². The lowest BCUT2D eigenvalue weighted by atomic mass is 10.2. The number of carbonyl (C=O) groups is 2. The first kappa shape index (κ1) is 18.2. The van der Waals surface area contributed by atoms with Gasteiger partial charge in [-0.3, -0.25) is 9.59 Å². The molecule has 1 N–H and O–H groups in total. The molecule has 0 aromatic carbocycles. The van der Waals surface area contributed by atoms with Crippen molar-refractivity contribution in [2.75, 3.05) is 45.7 Å². The summed E-state index contributed by atoms with van der Waals surface area (Å²) >= 11 is 0. The van der Waals surface area contributed by atoms with Crippen molar-refractivity contribution in [3.63, 3.8) is 0 Å². The maximum Gasteiger partial charge on any atom is 0.226 e. The van der Waals surface area contributed by atoms with Crippen LogP contribution in [0.5, 0.6) is 0 Å². The van der Waals surface area contributed by atoms with Gasteiger partial charge in [0.05, 0.1) is 23.3 Å². The predicted octanol–water partition coefficient (Wildman–Crippen LogP) is -0.664. The van der Waals surface area contributed by atoms with Crippen molar-refractivity contribution in [1.82, 2.24) is 15.1 Å². The number of hydrogen-bond acceptors (Lipinski definition) is 5. The summed E-state index contributed by atoms with van der Waals surface area (Å²) in [5.41, 5.74) is 0. The maximum atomic E-state index is 12.4. The molecule has 0 spiro atoms. The second-order valence-corrected chi connectivity index (χ2v) is 9.13. The van der Waals surface area contributed by atoms with E-state index in [0.717, 1.165) is 13.0 Å². The Morgan fingerprint density at radius 1 is 1.17 bits per heavy atom. The van der Waals surface area contributed by atoms with Crippen molar-refractivity contribution in [3.8, 4) is 0 Å². The Morgan fingerprint density at radius 3 is 2.43 bits per heavy atom. The van der Waals surface area contributed by atoms with E-state index < -0.39 is 9.84 Å². The zero-order valence-electron chi connectivity index (χ0n) is 14.1. The van der Waals surface area contributed by atoms with Crippen LogP contribution in [0.4, 0.5) is 0 Å². The Hall–Kier alpha value is -1.15. The van der Waals surface area contributed by atoms with Gasteiger partial charge in [0.25, 0.3) is 0 Å². The summed E-state index contributed by atoms with van der Waals surface area (Å²) < 4.78 is 23.0. The van der Waals surface area contributed by atoms with Gasteiger partial charge in [0.2, 0.25) is 11.8 Å². The van der Waals surface area contributed by atoms with Crippen LogP contribution in [0.15, 0.2) is 0 Å². The van der Waals surface area contributed by atoms with E-state index in [1.54, 1.807) is 7.05 Å². The van der Waals surface area contributed by atoms with Gasteiger partial charge in [0.15, 0.2) is 9.84 Å². The van der Waals surface area contributed by atoms with E-state index in [1.807, 2.05) is 14.1 Å². The lowest BCUT2D eigenvalue weighted by Crippen LogP contribution is -2.39. The van der Waals surface area contributed by atoms with E-state index in [0.29, 0.717) is 19.4 Å². The summed E-state index contributed by atoms with van der Waals surface area (Å²) in [5.74, 6) is -0.492. The topological polar surface area (TPSA) is 86.8 Å². The first-order chi connectivity index (χ1) is 10.7. The number of carbonyl (C=O) groups excluding carboxylic acids is 2. The smallest absolute Gasteiger partial charge is 0.226 e. The Kier molecular flexibility index (Phi) is 5.67. The molecule has 23 heavy (non-hydrogen) atoms. The molecule has 2 rings (SSSR count). The van der Waals surface area contributed by atoms with Crippen LogP contribution in [0.25, 0.3) is 0 Å². The quantitative estimate of drug-likeness (QED) is 0.619. The van der Waals surface area contributed by atoms with Crippen molar-refractivity contribution in [3.05, 3.63) is 0 Å².